The first kappa shape index (κ1) is 7.53. The van der Waals surface area contributed by atoms with E-state index in [1.807, 2.05) is 6.07 Å². The molecule has 0 aliphatic heterocycles. The zero-order valence-electron chi connectivity index (χ0n) is 7.41. The monoisotopic (exact) mass is 163 g/mol. The lowest BCUT2D eigenvalue weighted by Gasteiger charge is -2.05. The topological polar surface area (TPSA) is 37.8 Å². The molecule has 0 bridgehead atoms. The Kier molecular flexibility index (Phi) is 1.53. The van der Waals surface area contributed by atoms with E-state index >= 15 is 0 Å². The zero-order valence-corrected chi connectivity index (χ0v) is 7.41. The van der Waals surface area contributed by atoms with Crippen molar-refractivity contribution in [3.05, 3.63) is 18.6 Å². The van der Waals surface area contributed by atoms with E-state index in [1.54, 1.807) is 12.5 Å². The number of anilines is 1. The van der Waals surface area contributed by atoms with E-state index in [4.69, 9.17) is 0 Å². The Labute approximate surface area is 72.2 Å². The van der Waals surface area contributed by atoms with Crippen molar-refractivity contribution in [1.29, 1.82) is 0 Å². The third-order valence-electron chi connectivity index (χ3n) is 2.42. The van der Waals surface area contributed by atoms with Crippen LogP contribution >= 0.6 is 0 Å². The first-order valence-corrected chi connectivity index (χ1v) is 4.21. The third-order valence-corrected chi connectivity index (χ3v) is 2.42. The molecule has 0 amide bonds. The SMILES string of the molecule is CC1(C)CC1Nc1ccncn1. The number of nitrogens with one attached hydrogen (secondary N) is 1. The average Bonchev–Trinajstić information content (AvgIpc) is 2.61. The van der Waals surface area contributed by atoms with Gasteiger partial charge in [0, 0.05) is 12.2 Å². The maximum Gasteiger partial charge on any atom is 0.129 e. The lowest BCUT2D eigenvalue weighted by atomic mass is 10.2. The lowest BCUT2D eigenvalue weighted by Crippen LogP contribution is -2.09. The van der Waals surface area contributed by atoms with Crippen molar-refractivity contribution in [3.63, 3.8) is 0 Å². The van der Waals surface area contributed by atoms with Crippen molar-refractivity contribution < 1.29 is 0 Å². The van der Waals surface area contributed by atoms with Gasteiger partial charge in [-0.3, -0.25) is 0 Å². The van der Waals surface area contributed by atoms with Crippen molar-refractivity contribution in [2.24, 2.45) is 5.41 Å². The van der Waals surface area contributed by atoms with Crippen LogP contribution < -0.4 is 5.32 Å². The second kappa shape index (κ2) is 2.44. The number of aromatic nitrogens is 2. The molecule has 1 aliphatic carbocycles. The highest BCUT2D eigenvalue weighted by Crippen LogP contribution is 2.46. The van der Waals surface area contributed by atoms with Crippen molar-refractivity contribution in [3.8, 4) is 0 Å². The Morgan fingerprint density at radius 1 is 1.58 bits per heavy atom. The molecule has 1 heterocycles. The van der Waals surface area contributed by atoms with Crippen LogP contribution in [0.25, 0.3) is 0 Å². The summed E-state index contributed by atoms with van der Waals surface area (Å²) in [5, 5.41) is 3.36. The van der Waals surface area contributed by atoms with Crippen LogP contribution in [0.4, 0.5) is 5.82 Å². The lowest BCUT2D eigenvalue weighted by molar-refractivity contribution is 0.630. The summed E-state index contributed by atoms with van der Waals surface area (Å²) in [4.78, 5) is 7.96. The molecule has 64 valence electrons. The van der Waals surface area contributed by atoms with Crippen molar-refractivity contribution in [2.75, 3.05) is 5.32 Å². The Morgan fingerprint density at radius 2 is 2.33 bits per heavy atom. The van der Waals surface area contributed by atoms with Crippen LogP contribution in [0, 0.1) is 5.41 Å². The van der Waals surface area contributed by atoms with E-state index in [0.717, 1.165) is 5.82 Å². The first-order valence-electron chi connectivity index (χ1n) is 4.21. The highest BCUT2D eigenvalue weighted by molar-refractivity contribution is 5.36. The summed E-state index contributed by atoms with van der Waals surface area (Å²) >= 11 is 0. The maximum absolute atomic E-state index is 4.10. The molecule has 0 spiro atoms. The molecule has 3 nitrogen and oxygen atoms in total. The Morgan fingerprint density at radius 3 is 2.83 bits per heavy atom. The minimum absolute atomic E-state index is 0.449. The van der Waals surface area contributed by atoms with E-state index in [1.165, 1.54) is 6.42 Å². The minimum Gasteiger partial charge on any atom is -0.367 e. The fourth-order valence-electron chi connectivity index (χ4n) is 1.27. The molecular weight excluding hydrogens is 150 g/mol. The molecule has 1 aromatic rings. The molecule has 0 radical (unpaired) electrons. The van der Waals surface area contributed by atoms with Gasteiger partial charge in [-0.15, -0.1) is 0 Å². The molecule has 1 fully saturated rings. The molecule has 1 aliphatic rings. The summed E-state index contributed by atoms with van der Waals surface area (Å²) in [6.45, 7) is 4.51. The van der Waals surface area contributed by atoms with Crippen LogP contribution in [0.3, 0.4) is 0 Å². The standard InChI is InChI=1S/C9H13N3/c1-9(2)5-7(9)12-8-3-4-10-6-11-8/h3-4,6-7H,5H2,1-2H3,(H,10,11,12). The third kappa shape index (κ3) is 1.40. The first-order chi connectivity index (χ1) is 5.68. The number of nitrogens with zero attached hydrogens (tertiary/aromatic N) is 2. The number of hydrogen-bond donors (Lipinski definition) is 1. The van der Waals surface area contributed by atoms with E-state index in [-0.39, 0.29) is 0 Å². The van der Waals surface area contributed by atoms with E-state index < -0.39 is 0 Å². The second-order valence-corrected chi connectivity index (χ2v) is 3.98. The molecular formula is C9H13N3. The van der Waals surface area contributed by atoms with E-state index in [0.29, 0.717) is 11.5 Å². The van der Waals surface area contributed by atoms with Gasteiger partial charge in [0.25, 0.3) is 0 Å². The Hall–Kier alpha value is -1.12. The van der Waals surface area contributed by atoms with Gasteiger partial charge in [-0.05, 0) is 17.9 Å². The minimum atomic E-state index is 0.449. The molecule has 0 aromatic carbocycles. The maximum atomic E-state index is 4.10. The van der Waals surface area contributed by atoms with Crippen molar-refractivity contribution in [1.82, 2.24) is 9.97 Å². The van der Waals surface area contributed by atoms with Crippen LogP contribution in [0.5, 0.6) is 0 Å². The van der Waals surface area contributed by atoms with Gasteiger partial charge >= 0.3 is 0 Å². The number of hydrogen-bond acceptors (Lipinski definition) is 3. The predicted octanol–water partition coefficient (Wildman–Crippen LogP) is 1.69. The highest BCUT2D eigenvalue weighted by Gasteiger charge is 2.45. The van der Waals surface area contributed by atoms with Gasteiger partial charge in [0.15, 0.2) is 0 Å². The molecule has 1 aromatic heterocycles. The molecule has 0 saturated heterocycles. The highest BCUT2D eigenvalue weighted by atomic mass is 15.1. The summed E-state index contributed by atoms with van der Waals surface area (Å²) < 4.78 is 0. The molecule has 2 rings (SSSR count). The molecule has 1 saturated carbocycles. The molecule has 12 heavy (non-hydrogen) atoms. The van der Waals surface area contributed by atoms with Gasteiger partial charge in [-0.2, -0.15) is 0 Å². The van der Waals surface area contributed by atoms with Gasteiger partial charge in [0.05, 0.1) is 0 Å². The van der Waals surface area contributed by atoms with Crippen LogP contribution in [-0.2, 0) is 0 Å². The summed E-state index contributed by atoms with van der Waals surface area (Å²) in [6.07, 6.45) is 4.55. The van der Waals surface area contributed by atoms with Gasteiger partial charge in [0.1, 0.15) is 12.1 Å². The van der Waals surface area contributed by atoms with E-state index in [2.05, 4.69) is 29.1 Å². The zero-order chi connectivity index (χ0) is 8.60. The summed E-state index contributed by atoms with van der Waals surface area (Å²) in [5.41, 5.74) is 0.449. The number of rotatable bonds is 2. The quantitative estimate of drug-likeness (QED) is 0.721. The van der Waals surface area contributed by atoms with Gasteiger partial charge in [-0.1, -0.05) is 13.8 Å². The van der Waals surface area contributed by atoms with Crippen molar-refractivity contribution in [2.45, 2.75) is 26.3 Å². The predicted molar refractivity (Wildman–Crippen MR) is 47.8 cm³/mol. The fourth-order valence-corrected chi connectivity index (χ4v) is 1.27. The summed E-state index contributed by atoms with van der Waals surface area (Å²) in [7, 11) is 0. The van der Waals surface area contributed by atoms with Crippen LogP contribution in [-0.4, -0.2) is 16.0 Å². The van der Waals surface area contributed by atoms with Crippen LogP contribution in [0.2, 0.25) is 0 Å². The fraction of sp³-hybridized carbons (Fsp3) is 0.556. The normalized spacial score (nSPS) is 25.0. The largest absolute Gasteiger partial charge is 0.367 e. The Bertz CT molecular complexity index is 268. The average molecular weight is 163 g/mol. The molecule has 1 atom stereocenters. The molecule has 3 heteroatoms. The van der Waals surface area contributed by atoms with Gasteiger partial charge in [-0.25, -0.2) is 9.97 Å². The smallest absolute Gasteiger partial charge is 0.129 e. The van der Waals surface area contributed by atoms with Crippen LogP contribution in [0.1, 0.15) is 20.3 Å². The molecule has 1 N–H and O–H groups in total. The second-order valence-electron chi connectivity index (χ2n) is 3.98. The summed E-state index contributed by atoms with van der Waals surface area (Å²) in [5.74, 6) is 0.931. The molecule has 1 unspecified atom stereocenters. The summed E-state index contributed by atoms with van der Waals surface area (Å²) in [6, 6.07) is 2.49. The van der Waals surface area contributed by atoms with Crippen LogP contribution in [0.15, 0.2) is 18.6 Å². The van der Waals surface area contributed by atoms with E-state index in [9.17, 15) is 0 Å². The van der Waals surface area contributed by atoms with Gasteiger partial charge in [0.2, 0.25) is 0 Å². The van der Waals surface area contributed by atoms with Crippen molar-refractivity contribution >= 4 is 5.82 Å². The Balaban J connectivity index is 1.98. The van der Waals surface area contributed by atoms with Gasteiger partial charge < -0.3 is 5.32 Å².